The Kier molecular flexibility index (Phi) is 6.73. The number of ether oxygens (including phenoxy) is 1. The van der Waals surface area contributed by atoms with Gasteiger partial charge in [-0.15, -0.1) is 11.8 Å². The summed E-state index contributed by atoms with van der Waals surface area (Å²) in [7, 11) is 1.54. The topological polar surface area (TPSA) is 67.4 Å². The summed E-state index contributed by atoms with van der Waals surface area (Å²) in [5.41, 5.74) is 1.34. The average molecular weight is 379 g/mol. The molecule has 0 aliphatic carbocycles. The van der Waals surface area contributed by atoms with Gasteiger partial charge in [-0.3, -0.25) is 9.59 Å². The van der Waals surface area contributed by atoms with Crippen molar-refractivity contribution in [1.29, 1.82) is 0 Å². The molecule has 0 saturated heterocycles. The molecule has 0 bridgehead atoms. The minimum Gasteiger partial charge on any atom is -0.495 e. The molecule has 0 unspecified atom stereocenters. The number of benzene rings is 2. The number of carbonyl (C=O) groups excluding carboxylic acids is 2. The van der Waals surface area contributed by atoms with Gasteiger partial charge in [-0.05, 0) is 49.4 Å². The third-order valence-electron chi connectivity index (χ3n) is 3.28. The largest absolute Gasteiger partial charge is 0.495 e. The van der Waals surface area contributed by atoms with E-state index in [0.29, 0.717) is 16.5 Å². The van der Waals surface area contributed by atoms with Gasteiger partial charge in [0.25, 0.3) is 0 Å². The number of thioether (sulfide) groups is 1. The van der Waals surface area contributed by atoms with Gasteiger partial charge in [-0.2, -0.15) is 0 Å². The van der Waals surface area contributed by atoms with Crippen LogP contribution < -0.4 is 15.4 Å². The lowest BCUT2D eigenvalue weighted by Gasteiger charge is -2.13. The summed E-state index contributed by atoms with van der Waals surface area (Å²) in [6, 6.07) is 12.4. The van der Waals surface area contributed by atoms with Crippen molar-refractivity contribution in [2.45, 2.75) is 24.0 Å². The number of rotatable bonds is 6. The fourth-order valence-electron chi connectivity index (χ4n) is 2.07. The zero-order chi connectivity index (χ0) is 18.4. The molecule has 0 radical (unpaired) electrons. The van der Waals surface area contributed by atoms with Crippen molar-refractivity contribution in [3.05, 3.63) is 47.5 Å². The first-order chi connectivity index (χ1) is 11.9. The Bertz CT molecular complexity index is 765. The average Bonchev–Trinajstić information content (AvgIpc) is 2.56. The molecule has 2 amide bonds. The fraction of sp³-hybridized carbons (Fsp3) is 0.222. The monoisotopic (exact) mass is 378 g/mol. The SMILES string of the molecule is COc1ccc(NC(=O)[C@H](C)Sc2ccc(NC(C)=O)cc2)cc1Cl. The molecule has 0 aromatic heterocycles. The highest BCUT2D eigenvalue weighted by Crippen LogP contribution is 2.29. The summed E-state index contributed by atoms with van der Waals surface area (Å²) in [5, 5.41) is 5.68. The molecule has 1 atom stereocenters. The van der Waals surface area contributed by atoms with Crippen LogP contribution in [0.3, 0.4) is 0 Å². The minimum atomic E-state index is -0.299. The van der Waals surface area contributed by atoms with Gasteiger partial charge in [-0.25, -0.2) is 0 Å². The summed E-state index contributed by atoms with van der Waals surface area (Å²) in [6.07, 6.45) is 0. The van der Waals surface area contributed by atoms with Crippen molar-refractivity contribution in [1.82, 2.24) is 0 Å². The molecular weight excluding hydrogens is 360 g/mol. The molecule has 0 aliphatic heterocycles. The Morgan fingerprint density at radius 2 is 1.72 bits per heavy atom. The lowest BCUT2D eigenvalue weighted by atomic mass is 10.3. The summed E-state index contributed by atoms with van der Waals surface area (Å²) in [5.74, 6) is 0.310. The van der Waals surface area contributed by atoms with Gasteiger partial charge in [-0.1, -0.05) is 11.6 Å². The molecule has 2 aromatic carbocycles. The van der Waals surface area contributed by atoms with Crippen LogP contribution in [0.25, 0.3) is 0 Å². The van der Waals surface area contributed by atoms with Gasteiger partial charge in [0.1, 0.15) is 5.75 Å². The molecule has 5 nitrogen and oxygen atoms in total. The summed E-state index contributed by atoms with van der Waals surface area (Å²) < 4.78 is 5.09. The first-order valence-corrected chi connectivity index (χ1v) is 8.83. The van der Waals surface area contributed by atoms with Crippen molar-refractivity contribution in [3.63, 3.8) is 0 Å². The molecule has 0 heterocycles. The van der Waals surface area contributed by atoms with Crippen LogP contribution in [0.2, 0.25) is 5.02 Å². The molecule has 2 rings (SSSR count). The van der Waals surface area contributed by atoms with Crippen LogP contribution in [-0.2, 0) is 9.59 Å². The van der Waals surface area contributed by atoms with Crippen LogP contribution in [0.15, 0.2) is 47.4 Å². The second-order valence-electron chi connectivity index (χ2n) is 5.30. The molecule has 7 heteroatoms. The van der Waals surface area contributed by atoms with Crippen LogP contribution in [0, 0.1) is 0 Å². The zero-order valence-electron chi connectivity index (χ0n) is 14.1. The van der Waals surface area contributed by atoms with E-state index < -0.39 is 0 Å². The Hall–Kier alpha value is -2.18. The van der Waals surface area contributed by atoms with Gasteiger partial charge < -0.3 is 15.4 Å². The number of halogens is 1. The van der Waals surface area contributed by atoms with E-state index in [9.17, 15) is 9.59 Å². The molecule has 2 N–H and O–H groups in total. The highest BCUT2D eigenvalue weighted by molar-refractivity contribution is 8.00. The maximum atomic E-state index is 12.3. The maximum Gasteiger partial charge on any atom is 0.237 e. The highest BCUT2D eigenvalue weighted by atomic mass is 35.5. The first-order valence-electron chi connectivity index (χ1n) is 7.57. The Balaban J connectivity index is 1.95. The normalized spacial score (nSPS) is 11.5. The van der Waals surface area contributed by atoms with E-state index in [4.69, 9.17) is 16.3 Å². The minimum absolute atomic E-state index is 0.119. The predicted octanol–water partition coefficient (Wildman–Crippen LogP) is 4.43. The van der Waals surface area contributed by atoms with E-state index in [1.54, 1.807) is 30.3 Å². The second-order valence-corrected chi connectivity index (χ2v) is 7.13. The molecule has 0 spiro atoms. The smallest absolute Gasteiger partial charge is 0.237 e. The van der Waals surface area contributed by atoms with E-state index in [1.807, 2.05) is 19.1 Å². The summed E-state index contributed by atoms with van der Waals surface area (Å²) in [6.45, 7) is 3.29. The molecular formula is C18H19ClN2O3S. The second kappa shape index (κ2) is 8.78. The van der Waals surface area contributed by atoms with Gasteiger partial charge in [0.2, 0.25) is 11.8 Å². The van der Waals surface area contributed by atoms with Gasteiger partial charge in [0, 0.05) is 23.2 Å². The summed E-state index contributed by atoms with van der Waals surface area (Å²) in [4.78, 5) is 24.3. The number of nitrogens with one attached hydrogen (secondary N) is 2. The molecule has 132 valence electrons. The maximum absolute atomic E-state index is 12.3. The first kappa shape index (κ1) is 19.1. The van der Waals surface area contributed by atoms with E-state index in [2.05, 4.69) is 10.6 Å². The Morgan fingerprint density at radius 1 is 1.08 bits per heavy atom. The van der Waals surface area contributed by atoms with E-state index in [1.165, 1.54) is 25.8 Å². The molecule has 0 aliphatic rings. The van der Waals surface area contributed by atoms with E-state index >= 15 is 0 Å². The van der Waals surface area contributed by atoms with Crippen LogP contribution >= 0.6 is 23.4 Å². The third kappa shape index (κ3) is 5.69. The van der Waals surface area contributed by atoms with Crippen LogP contribution in [-0.4, -0.2) is 24.2 Å². The van der Waals surface area contributed by atoms with Gasteiger partial charge in [0.05, 0.1) is 17.4 Å². The third-order valence-corrected chi connectivity index (χ3v) is 4.68. The lowest BCUT2D eigenvalue weighted by molar-refractivity contribution is -0.115. The number of amides is 2. The van der Waals surface area contributed by atoms with Crippen LogP contribution in [0.1, 0.15) is 13.8 Å². The van der Waals surface area contributed by atoms with E-state index in [-0.39, 0.29) is 17.1 Å². The highest BCUT2D eigenvalue weighted by Gasteiger charge is 2.15. The molecule has 25 heavy (non-hydrogen) atoms. The van der Waals surface area contributed by atoms with Gasteiger partial charge in [0.15, 0.2) is 0 Å². The molecule has 0 saturated carbocycles. The number of anilines is 2. The standard InChI is InChI=1S/C18H19ClN2O3S/c1-11(25-15-7-4-13(5-8-15)20-12(2)22)18(23)21-14-6-9-17(24-3)16(19)10-14/h4-11H,1-3H3,(H,20,22)(H,21,23)/t11-/m0/s1. The predicted molar refractivity (Wildman–Crippen MR) is 103 cm³/mol. The zero-order valence-corrected chi connectivity index (χ0v) is 15.7. The van der Waals surface area contributed by atoms with Gasteiger partial charge >= 0.3 is 0 Å². The van der Waals surface area contributed by atoms with Crippen molar-refractivity contribution in [2.24, 2.45) is 0 Å². The van der Waals surface area contributed by atoms with Crippen molar-refractivity contribution in [3.8, 4) is 5.75 Å². The van der Waals surface area contributed by atoms with Crippen molar-refractivity contribution >= 4 is 46.6 Å². The fourth-order valence-corrected chi connectivity index (χ4v) is 3.19. The number of carbonyl (C=O) groups is 2. The van der Waals surface area contributed by atoms with E-state index in [0.717, 1.165) is 10.6 Å². The Labute approximate surface area is 156 Å². The molecule has 0 fully saturated rings. The van der Waals surface area contributed by atoms with Crippen LogP contribution in [0.4, 0.5) is 11.4 Å². The van der Waals surface area contributed by atoms with Crippen LogP contribution in [0.5, 0.6) is 5.75 Å². The number of hydrogen-bond acceptors (Lipinski definition) is 4. The number of methoxy groups -OCH3 is 1. The summed E-state index contributed by atoms with van der Waals surface area (Å²) >= 11 is 7.49. The quantitative estimate of drug-likeness (QED) is 0.730. The van der Waals surface area contributed by atoms with Crippen molar-refractivity contribution in [2.75, 3.05) is 17.7 Å². The lowest BCUT2D eigenvalue weighted by Crippen LogP contribution is -2.22. The van der Waals surface area contributed by atoms with Crippen molar-refractivity contribution < 1.29 is 14.3 Å². The molecule has 2 aromatic rings. The number of hydrogen-bond donors (Lipinski definition) is 2. The Morgan fingerprint density at radius 3 is 2.28 bits per heavy atom.